The topological polar surface area (TPSA) is 38.7 Å². The number of hydrogen-bond donors (Lipinski definition) is 0. The van der Waals surface area contributed by atoms with Crippen LogP contribution in [0.1, 0.15) is 21.9 Å². The van der Waals surface area contributed by atoms with E-state index in [2.05, 4.69) is 15.0 Å². The van der Waals surface area contributed by atoms with E-state index < -0.39 is 130 Å². The molecule has 1 aromatic heterocycles. The maximum atomic E-state index is 9.01. The fourth-order valence-corrected chi connectivity index (χ4v) is 3.23. The molecule has 6 rings (SSSR count). The number of hydrogen-bond acceptors (Lipinski definition) is 3. The van der Waals surface area contributed by atoms with Crippen LogP contribution in [0.4, 0.5) is 0 Å². The smallest absolute Gasteiger partial charge is 0.208 e. The predicted octanol–water partition coefficient (Wildman–Crippen LogP) is 7.32. The summed E-state index contributed by atoms with van der Waals surface area (Å²) < 4.78 is 135. The van der Waals surface area contributed by atoms with Gasteiger partial charge >= 0.3 is 0 Å². The molecule has 146 valence electrons. The summed E-state index contributed by atoms with van der Waals surface area (Å²) in [7, 11) is 0. The summed E-state index contributed by atoms with van der Waals surface area (Å²) in [6, 6.07) is -10.7. The molecule has 1 heterocycles. The third kappa shape index (κ3) is 3.11. The first-order valence-electron chi connectivity index (χ1n) is 16.8. The summed E-state index contributed by atoms with van der Waals surface area (Å²) in [6.45, 7) is 0. The van der Waals surface area contributed by atoms with Crippen molar-refractivity contribution in [2.45, 2.75) is 0 Å². The molecule has 31 heavy (non-hydrogen) atoms. The molecular weight excluding hydrogens is 402 g/mol. The van der Waals surface area contributed by atoms with Crippen LogP contribution in [0.15, 0.2) is 96.7 Å². The number of rotatable bonds is 2. The van der Waals surface area contributed by atoms with Crippen LogP contribution < -0.4 is 0 Å². The lowest BCUT2D eigenvalue weighted by atomic mass is 10.00. The van der Waals surface area contributed by atoms with Crippen LogP contribution in [0.5, 0.6) is 0 Å². The van der Waals surface area contributed by atoms with E-state index in [0.717, 1.165) is 0 Å². The van der Waals surface area contributed by atoms with Crippen LogP contribution in [0.25, 0.3) is 55.1 Å². The van der Waals surface area contributed by atoms with Crippen molar-refractivity contribution < 1.29 is 21.9 Å². The average molecular weight is 434 g/mol. The summed E-state index contributed by atoms with van der Waals surface area (Å²) in [4.78, 5) is 12.2. The van der Waals surface area contributed by atoms with Gasteiger partial charge in [-0.1, -0.05) is 90.6 Å². The Morgan fingerprint density at radius 1 is 0.548 bits per heavy atom. The maximum absolute atomic E-state index is 9.01. The lowest BCUT2D eigenvalue weighted by molar-refractivity contribution is 1.07. The molecule has 0 saturated carbocycles. The first-order valence-corrected chi connectivity index (χ1v) is 9.16. The van der Waals surface area contributed by atoms with Gasteiger partial charge in [-0.25, -0.2) is 4.98 Å². The summed E-state index contributed by atoms with van der Waals surface area (Å²) in [5, 5.41) is -2.75. The van der Waals surface area contributed by atoms with Crippen molar-refractivity contribution in [1.82, 2.24) is 15.0 Å². The first-order chi connectivity index (χ1) is 21.9. The Kier molecular flexibility index (Phi) is 1.85. The third-order valence-corrected chi connectivity index (χ3v) is 4.60. The molecule has 3 nitrogen and oxygen atoms in total. The van der Waals surface area contributed by atoms with Gasteiger partial charge in [0.05, 0.1) is 21.9 Å². The van der Waals surface area contributed by atoms with Crippen molar-refractivity contribution in [3.8, 4) is 22.8 Å². The van der Waals surface area contributed by atoms with Crippen LogP contribution in [0.3, 0.4) is 0 Å². The Morgan fingerprint density at radius 2 is 1.19 bits per heavy atom. The molecule has 0 aliphatic carbocycles. The molecule has 0 spiro atoms. The van der Waals surface area contributed by atoms with Gasteiger partial charge in [-0.3, -0.25) is 0 Å². The van der Waals surface area contributed by atoms with Gasteiger partial charge in [-0.05, 0) is 50.0 Å². The lowest BCUT2D eigenvalue weighted by Gasteiger charge is -2.09. The van der Waals surface area contributed by atoms with Crippen molar-refractivity contribution in [2.75, 3.05) is 0 Å². The van der Waals surface area contributed by atoms with Gasteiger partial charge in [-0.2, -0.15) is 9.97 Å². The Morgan fingerprint density at radius 3 is 2.06 bits per heavy atom. The normalized spacial score (nSPS) is 18.6. The van der Waals surface area contributed by atoms with Crippen LogP contribution in [0.2, 0.25) is 5.28 Å². The molecule has 0 amide bonds. The van der Waals surface area contributed by atoms with E-state index >= 15 is 0 Å². The molecule has 0 unspecified atom stereocenters. The third-order valence-electron chi connectivity index (χ3n) is 4.43. The Hall–Kier alpha value is -3.82. The van der Waals surface area contributed by atoms with Gasteiger partial charge in [0.2, 0.25) is 5.28 Å². The van der Waals surface area contributed by atoms with Crippen molar-refractivity contribution in [1.29, 1.82) is 0 Å². The van der Waals surface area contributed by atoms with Crippen LogP contribution in [-0.2, 0) is 0 Å². The van der Waals surface area contributed by atoms with E-state index in [9.17, 15) is 0 Å². The summed E-state index contributed by atoms with van der Waals surface area (Å²) in [5.74, 6) is -1.06. The highest BCUT2D eigenvalue weighted by Crippen LogP contribution is 2.31. The molecule has 0 radical (unpaired) electrons. The molecule has 0 aliphatic rings. The van der Waals surface area contributed by atoms with Crippen molar-refractivity contribution in [3.63, 3.8) is 0 Å². The van der Waals surface area contributed by atoms with Crippen LogP contribution in [-0.4, -0.2) is 15.0 Å². The van der Waals surface area contributed by atoms with Gasteiger partial charge < -0.3 is 0 Å². The van der Waals surface area contributed by atoms with Crippen LogP contribution >= 0.6 is 11.6 Å². The van der Waals surface area contributed by atoms with Crippen molar-refractivity contribution in [3.05, 3.63) is 102 Å². The predicted molar refractivity (Wildman–Crippen MR) is 128 cm³/mol. The second-order valence-electron chi connectivity index (χ2n) is 6.25. The fraction of sp³-hybridized carbons (Fsp3) is 0. The highest BCUT2D eigenvalue weighted by molar-refractivity contribution is 6.28. The van der Waals surface area contributed by atoms with E-state index in [1.165, 1.54) is 0 Å². The van der Waals surface area contributed by atoms with Gasteiger partial charge in [0.1, 0.15) is 0 Å². The number of halogens is 1. The zero-order valence-electron chi connectivity index (χ0n) is 31.2. The Balaban J connectivity index is 1.77. The Labute approximate surface area is 206 Å². The highest BCUT2D eigenvalue weighted by Gasteiger charge is 2.12. The summed E-state index contributed by atoms with van der Waals surface area (Å²) in [5.41, 5.74) is -0.915. The Bertz CT molecular complexity index is 2440. The molecule has 6 aromatic rings. The van der Waals surface area contributed by atoms with E-state index in [1.807, 2.05) is 0 Å². The SMILES string of the molecule is [2H]c1c([2H])c([2H])c2c(-c3nc(Cl)nc(-c4c([2H])c([2H])c5c(c4[2H])c([2H])c([2H])c4c([2H])c([2H])c([2H])c([2H])c45)n3)c([2H])c([2H])c([2H])c2c1[2H]. The van der Waals surface area contributed by atoms with E-state index in [4.69, 9.17) is 33.5 Å². The van der Waals surface area contributed by atoms with Gasteiger partial charge in [0, 0.05) is 11.1 Å². The lowest BCUT2D eigenvalue weighted by Crippen LogP contribution is -1.97. The molecule has 0 aliphatic heterocycles. The van der Waals surface area contributed by atoms with Gasteiger partial charge in [0.15, 0.2) is 11.6 Å². The first kappa shape index (κ1) is 8.03. The zero-order chi connectivity index (χ0) is 34.7. The van der Waals surface area contributed by atoms with E-state index in [0.29, 0.717) is 0 Å². The molecule has 0 fully saturated rings. The number of nitrogens with zero attached hydrogens (tertiary/aromatic N) is 3. The van der Waals surface area contributed by atoms with E-state index in [-0.39, 0.29) is 26.9 Å². The molecule has 0 N–H and O–H groups in total. The number of benzene rings is 5. The summed E-state index contributed by atoms with van der Waals surface area (Å²) >= 11 is 6.24. The van der Waals surface area contributed by atoms with E-state index in [1.54, 1.807) is 0 Å². The van der Waals surface area contributed by atoms with Gasteiger partial charge in [-0.15, -0.1) is 0 Å². The molecule has 0 saturated heterocycles. The second-order valence-corrected chi connectivity index (χ2v) is 6.59. The number of fused-ring (bicyclic) bond motifs is 4. The average Bonchev–Trinajstić information content (AvgIpc) is 3.02. The zero-order valence-corrected chi connectivity index (χ0v) is 16.0. The number of aromatic nitrogens is 3. The monoisotopic (exact) mass is 433 g/mol. The quantitative estimate of drug-likeness (QED) is 0.268. The molecule has 0 bridgehead atoms. The van der Waals surface area contributed by atoms with Crippen LogP contribution in [0, 0.1) is 0 Å². The molecule has 0 atom stereocenters. The fourth-order valence-electron chi connectivity index (χ4n) is 3.07. The summed E-state index contributed by atoms with van der Waals surface area (Å²) in [6.07, 6.45) is 0. The minimum absolute atomic E-state index is 0.321. The highest BCUT2D eigenvalue weighted by atomic mass is 35.5. The minimum atomic E-state index is -0.720. The molecule has 5 aromatic carbocycles. The largest absolute Gasteiger partial charge is 0.226 e. The van der Waals surface area contributed by atoms with Crippen molar-refractivity contribution in [2.24, 2.45) is 0 Å². The second kappa shape index (κ2) is 7.15. The standard InChI is InChI=1S/C27H16ClN3/c28-27-30-25(29-26(31-27)24-11-5-8-17-6-1-4-10-22(17)24)20-14-15-23-19(16-20)13-12-18-7-2-3-9-21(18)23/h1-16H/i1D,2D,3D,4D,5D,6D,7D,8D,9D,10D,11D,12D,13D,14D,15D,16D. The van der Waals surface area contributed by atoms with Gasteiger partial charge in [0.25, 0.3) is 0 Å². The minimum Gasteiger partial charge on any atom is -0.208 e. The van der Waals surface area contributed by atoms with Crippen molar-refractivity contribution >= 4 is 43.9 Å². The maximum Gasteiger partial charge on any atom is 0.226 e. The molecular formula is C27H16ClN3. The molecule has 4 heteroatoms.